The molecule has 1 aromatic carbocycles. The molecule has 0 unspecified atom stereocenters. The number of esters is 1. The molecule has 0 heterocycles. The lowest BCUT2D eigenvalue weighted by molar-refractivity contribution is -0.154. The first-order chi connectivity index (χ1) is 9.97. The van der Waals surface area contributed by atoms with Crippen LogP contribution in [0.25, 0.3) is 0 Å². The normalized spacial score (nSPS) is 11.4. The Morgan fingerprint density at radius 1 is 1.43 bits per heavy atom. The Morgan fingerprint density at radius 2 is 2.14 bits per heavy atom. The minimum atomic E-state index is -0.840. The van der Waals surface area contributed by atoms with Crippen LogP contribution >= 0.6 is 0 Å². The van der Waals surface area contributed by atoms with Gasteiger partial charge in [0, 0.05) is 12.1 Å². The van der Waals surface area contributed by atoms with Gasteiger partial charge >= 0.3 is 5.97 Å². The maximum Gasteiger partial charge on any atom is 0.311 e. The average Bonchev–Trinajstić information content (AvgIpc) is 2.44. The van der Waals surface area contributed by atoms with Crippen LogP contribution < -0.4 is 10.1 Å². The first kappa shape index (κ1) is 16.8. The Labute approximate surface area is 124 Å². The number of ether oxygens (including phenoxy) is 2. The molecule has 0 fully saturated rings. The summed E-state index contributed by atoms with van der Waals surface area (Å²) in [7, 11) is 1.55. The summed E-state index contributed by atoms with van der Waals surface area (Å²) in [5.74, 6) is -0.194. The Morgan fingerprint density at radius 3 is 2.76 bits per heavy atom. The van der Waals surface area contributed by atoms with E-state index in [0.717, 1.165) is 11.1 Å². The van der Waals surface area contributed by atoms with Crippen molar-refractivity contribution in [1.82, 2.24) is 5.32 Å². The van der Waals surface area contributed by atoms with E-state index >= 15 is 0 Å². The molecule has 114 valence electrons. The van der Waals surface area contributed by atoms with E-state index in [2.05, 4.69) is 11.9 Å². The van der Waals surface area contributed by atoms with E-state index < -0.39 is 12.1 Å². The first-order valence-electron chi connectivity index (χ1n) is 6.69. The quantitative estimate of drug-likeness (QED) is 0.614. The van der Waals surface area contributed by atoms with Crippen LogP contribution in [-0.2, 0) is 20.7 Å². The Bertz CT molecular complexity index is 525. The number of aryl methyl sites for hydroxylation is 1. The summed E-state index contributed by atoms with van der Waals surface area (Å²) in [6, 6.07) is 5.57. The third kappa shape index (κ3) is 5.30. The highest BCUT2D eigenvalue weighted by atomic mass is 16.5. The van der Waals surface area contributed by atoms with Crippen LogP contribution in [0.15, 0.2) is 30.9 Å². The first-order valence-corrected chi connectivity index (χ1v) is 6.69. The van der Waals surface area contributed by atoms with Crippen molar-refractivity contribution in [2.24, 2.45) is 0 Å². The summed E-state index contributed by atoms with van der Waals surface area (Å²) in [4.78, 5) is 23.5. The molecular weight excluding hydrogens is 270 g/mol. The molecule has 0 aliphatic carbocycles. The number of rotatable bonds is 7. The lowest BCUT2D eigenvalue weighted by Gasteiger charge is -2.14. The van der Waals surface area contributed by atoms with Crippen LogP contribution in [0.4, 0.5) is 0 Å². The molecule has 5 nitrogen and oxygen atoms in total. The molecule has 0 saturated heterocycles. The van der Waals surface area contributed by atoms with Gasteiger partial charge in [0.25, 0.3) is 5.91 Å². The molecule has 0 spiro atoms. The van der Waals surface area contributed by atoms with Gasteiger partial charge in [0.15, 0.2) is 6.10 Å². The molecule has 1 aromatic rings. The maximum absolute atomic E-state index is 11.9. The van der Waals surface area contributed by atoms with Gasteiger partial charge in [-0.2, -0.15) is 0 Å². The SMILES string of the molecule is C=CCNC(=O)[C@@H](C)OC(=O)Cc1cc(C)ccc1OC. The summed E-state index contributed by atoms with van der Waals surface area (Å²) in [5.41, 5.74) is 1.76. The summed E-state index contributed by atoms with van der Waals surface area (Å²) >= 11 is 0. The fraction of sp³-hybridized carbons (Fsp3) is 0.375. The van der Waals surface area contributed by atoms with E-state index in [1.165, 1.54) is 6.92 Å². The van der Waals surface area contributed by atoms with E-state index in [1.54, 1.807) is 19.3 Å². The molecular formula is C16H21NO4. The minimum absolute atomic E-state index is 0.0595. The number of carbonyl (C=O) groups is 2. The summed E-state index contributed by atoms with van der Waals surface area (Å²) in [6.45, 7) is 7.30. The molecule has 0 radical (unpaired) electrons. The molecule has 0 aliphatic rings. The highest BCUT2D eigenvalue weighted by Gasteiger charge is 2.18. The standard InChI is InChI=1S/C16H21NO4/c1-5-8-17-16(19)12(3)21-15(18)10-13-9-11(2)6-7-14(13)20-4/h5-7,9,12H,1,8,10H2,2-4H3,(H,17,19)/t12-/m1/s1. The fourth-order valence-electron chi connectivity index (χ4n) is 1.81. The summed E-state index contributed by atoms with van der Waals surface area (Å²) < 4.78 is 10.3. The van der Waals surface area contributed by atoms with E-state index in [1.807, 2.05) is 19.1 Å². The van der Waals surface area contributed by atoms with Gasteiger partial charge in [-0.1, -0.05) is 23.8 Å². The zero-order valence-electron chi connectivity index (χ0n) is 12.6. The van der Waals surface area contributed by atoms with Crippen LogP contribution in [-0.4, -0.2) is 31.6 Å². The van der Waals surface area contributed by atoms with Gasteiger partial charge in [-0.15, -0.1) is 6.58 Å². The molecule has 1 amide bonds. The highest BCUT2D eigenvalue weighted by molar-refractivity contribution is 5.84. The van der Waals surface area contributed by atoms with Gasteiger partial charge in [-0.05, 0) is 19.9 Å². The molecule has 0 aliphatic heterocycles. The smallest absolute Gasteiger partial charge is 0.311 e. The lowest BCUT2D eigenvalue weighted by Crippen LogP contribution is -2.36. The second-order valence-corrected chi connectivity index (χ2v) is 4.66. The van der Waals surface area contributed by atoms with Crippen molar-refractivity contribution in [3.63, 3.8) is 0 Å². The highest BCUT2D eigenvalue weighted by Crippen LogP contribution is 2.20. The zero-order valence-corrected chi connectivity index (χ0v) is 12.6. The van der Waals surface area contributed by atoms with Gasteiger partial charge in [0.1, 0.15) is 5.75 Å². The number of methoxy groups -OCH3 is 1. The monoisotopic (exact) mass is 291 g/mol. The van der Waals surface area contributed by atoms with E-state index in [9.17, 15) is 9.59 Å². The number of hydrogen-bond donors (Lipinski definition) is 1. The number of carbonyl (C=O) groups excluding carboxylic acids is 2. The van der Waals surface area contributed by atoms with Crippen molar-refractivity contribution in [2.75, 3.05) is 13.7 Å². The molecule has 21 heavy (non-hydrogen) atoms. The number of nitrogens with one attached hydrogen (secondary N) is 1. The topological polar surface area (TPSA) is 64.6 Å². The molecule has 1 N–H and O–H groups in total. The second-order valence-electron chi connectivity index (χ2n) is 4.66. The molecule has 0 saturated carbocycles. The third-order valence-electron chi connectivity index (χ3n) is 2.87. The van der Waals surface area contributed by atoms with Crippen molar-refractivity contribution < 1.29 is 19.1 Å². The largest absolute Gasteiger partial charge is 0.496 e. The lowest BCUT2D eigenvalue weighted by atomic mass is 10.1. The van der Waals surface area contributed by atoms with Gasteiger partial charge < -0.3 is 14.8 Å². The molecule has 0 bridgehead atoms. The number of hydrogen-bond acceptors (Lipinski definition) is 4. The van der Waals surface area contributed by atoms with Crippen molar-refractivity contribution in [3.8, 4) is 5.75 Å². The van der Waals surface area contributed by atoms with Crippen LogP contribution in [0, 0.1) is 6.92 Å². The second kappa shape index (κ2) is 8.09. The Hall–Kier alpha value is -2.30. The Balaban J connectivity index is 2.63. The van der Waals surface area contributed by atoms with Crippen LogP contribution in [0.1, 0.15) is 18.1 Å². The minimum Gasteiger partial charge on any atom is -0.496 e. The number of amides is 1. The van der Waals surface area contributed by atoms with Crippen molar-refractivity contribution in [2.45, 2.75) is 26.4 Å². The maximum atomic E-state index is 11.9. The predicted molar refractivity (Wildman–Crippen MR) is 80.2 cm³/mol. The van der Waals surface area contributed by atoms with Gasteiger partial charge in [0.2, 0.25) is 0 Å². The van der Waals surface area contributed by atoms with Crippen molar-refractivity contribution in [1.29, 1.82) is 0 Å². The van der Waals surface area contributed by atoms with Crippen molar-refractivity contribution in [3.05, 3.63) is 42.0 Å². The van der Waals surface area contributed by atoms with Gasteiger partial charge in [-0.25, -0.2) is 0 Å². The van der Waals surface area contributed by atoms with Crippen LogP contribution in [0.3, 0.4) is 0 Å². The zero-order chi connectivity index (χ0) is 15.8. The molecule has 1 atom stereocenters. The van der Waals surface area contributed by atoms with E-state index in [4.69, 9.17) is 9.47 Å². The van der Waals surface area contributed by atoms with Crippen molar-refractivity contribution >= 4 is 11.9 Å². The molecule has 5 heteroatoms. The van der Waals surface area contributed by atoms with Crippen LogP contribution in [0.5, 0.6) is 5.75 Å². The Kier molecular flexibility index (Phi) is 6.46. The predicted octanol–water partition coefficient (Wildman–Crippen LogP) is 1.78. The molecule has 1 rings (SSSR count). The van der Waals surface area contributed by atoms with E-state index in [0.29, 0.717) is 12.3 Å². The van der Waals surface area contributed by atoms with Gasteiger partial charge in [-0.3, -0.25) is 9.59 Å². The van der Waals surface area contributed by atoms with Gasteiger partial charge in [0.05, 0.1) is 13.5 Å². The average molecular weight is 291 g/mol. The fourth-order valence-corrected chi connectivity index (χ4v) is 1.81. The number of benzene rings is 1. The third-order valence-corrected chi connectivity index (χ3v) is 2.87. The summed E-state index contributed by atoms with van der Waals surface area (Å²) in [5, 5.41) is 2.57. The van der Waals surface area contributed by atoms with Crippen LogP contribution in [0.2, 0.25) is 0 Å². The molecule has 0 aromatic heterocycles. The summed E-state index contributed by atoms with van der Waals surface area (Å²) in [6.07, 6.45) is 0.779. The van der Waals surface area contributed by atoms with E-state index in [-0.39, 0.29) is 12.3 Å².